The van der Waals surface area contributed by atoms with Crippen molar-refractivity contribution in [1.29, 1.82) is 0 Å². The molecule has 126 valence electrons. The number of rotatable bonds is 1. The van der Waals surface area contributed by atoms with Crippen molar-refractivity contribution in [1.82, 2.24) is 0 Å². The van der Waals surface area contributed by atoms with Crippen LogP contribution in [0.5, 0.6) is 0 Å². The third-order valence-electron chi connectivity index (χ3n) is 10.2. The Hall–Kier alpha value is -0.0800. The topological polar surface area (TPSA) is 40.5 Å². The maximum absolute atomic E-state index is 11.2. The molecule has 0 amide bonds. The standard InChI is InChI=1S/C20H34O2/c1-17(2)11-7-9-19(17,5)15(21)13(11)14-12-8-10-20(6,16(14)22)18(12,3)4/h11-16,21-22H,7-10H2,1-6H3/t11-,12-,13+,14+,15+,16+,19+,20+/m1/s1. The fourth-order valence-corrected chi connectivity index (χ4v) is 7.78. The van der Waals surface area contributed by atoms with E-state index in [2.05, 4.69) is 41.5 Å². The molecule has 4 fully saturated rings. The van der Waals surface area contributed by atoms with Crippen LogP contribution in [0.4, 0.5) is 0 Å². The molecule has 0 unspecified atom stereocenters. The predicted molar refractivity (Wildman–Crippen MR) is 88.2 cm³/mol. The zero-order chi connectivity index (χ0) is 16.3. The van der Waals surface area contributed by atoms with E-state index >= 15 is 0 Å². The monoisotopic (exact) mass is 306 g/mol. The van der Waals surface area contributed by atoms with Crippen molar-refractivity contribution in [3.63, 3.8) is 0 Å². The first-order valence-corrected chi connectivity index (χ1v) is 9.36. The van der Waals surface area contributed by atoms with Crippen LogP contribution in [-0.4, -0.2) is 22.4 Å². The summed E-state index contributed by atoms with van der Waals surface area (Å²) in [6, 6.07) is 0. The first kappa shape index (κ1) is 15.4. The number of hydrogen-bond acceptors (Lipinski definition) is 2. The maximum atomic E-state index is 11.2. The normalized spacial score (nSPS) is 61.1. The highest BCUT2D eigenvalue weighted by Gasteiger charge is 2.74. The highest BCUT2D eigenvalue weighted by Crippen LogP contribution is 2.75. The first-order chi connectivity index (χ1) is 10.00. The fourth-order valence-electron chi connectivity index (χ4n) is 7.78. The fraction of sp³-hybridized carbons (Fsp3) is 1.00. The molecular weight excluding hydrogens is 272 g/mol. The van der Waals surface area contributed by atoms with Gasteiger partial charge in [-0.3, -0.25) is 0 Å². The van der Waals surface area contributed by atoms with Gasteiger partial charge in [-0.25, -0.2) is 0 Å². The van der Waals surface area contributed by atoms with Gasteiger partial charge in [-0.05, 0) is 71.0 Å². The van der Waals surface area contributed by atoms with Gasteiger partial charge < -0.3 is 10.2 Å². The Morgan fingerprint density at radius 1 is 0.636 bits per heavy atom. The van der Waals surface area contributed by atoms with Gasteiger partial charge in [0.2, 0.25) is 0 Å². The summed E-state index contributed by atoms with van der Waals surface area (Å²) in [5.74, 6) is 1.75. The van der Waals surface area contributed by atoms with Crippen LogP contribution < -0.4 is 0 Å². The van der Waals surface area contributed by atoms with Crippen molar-refractivity contribution in [3.05, 3.63) is 0 Å². The van der Waals surface area contributed by atoms with Gasteiger partial charge in [-0.2, -0.15) is 0 Å². The molecule has 0 spiro atoms. The number of aliphatic hydroxyl groups excluding tert-OH is 2. The molecule has 4 aliphatic carbocycles. The molecule has 2 heteroatoms. The minimum Gasteiger partial charge on any atom is -0.392 e. The Morgan fingerprint density at radius 2 is 0.955 bits per heavy atom. The van der Waals surface area contributed by atoms with E-state index in [4.69, 9.17) is 0 Å². The molecule has 0 heterocycles. The summed E-state index contributed by atoms with van der Waals surface area (Å²) < 4.78 is 0. The third-order valence-corrected chi connectivity index (χ3v) is 10.2. The second kappa shape index (κ2) is 3.94. The summed E-state index contributed by atoms with van der Waals surface area (Å²) in [4.78, 5) is 0. The quantitative estimate of drug-likeness (QED) is 0.772. The summed E-state index contributed by atoms with van der Waals surface area (Å²) in [5.41, 5.74) is 0.469. The Morgan fingerprint density at radius 3 is 1.18 bits per heavy atom. The van der Waals surface area contributed by atoms with Gasteiger partial charge >= 0.3 is 0 Å². The Labute approximate surface area is 135 Å². The number of hydrogen-bond donors (Lipinski definition) is 2. The van der Waals surface area contributed by atoms with E-state index in [1.54, 1.807) is 0 Å². The Bertz CT molecular complexity index is 464. The lowest BCUT2D eigenvalue weighted by atomic mass is 9.66. The van der Waals surface area contributed by atoms with Gasteiger partial charge in [-0.15, -0.1) is 0 Å². The molecule has 0 aliphatic heterocycles. The molecule has 4 aliphatic rings. The molecule has 4 bridgehead atoms. The third kappa shape index (κ3) is 1.30. The minimum absolute atomic E-state index is 0.0366. The van der Waals surface area contributed by atoms with Crippen molar-refractivity contribution in [3.8, 4) is 0 Å². The molecule has 8 atom stereocenters. The van der Waals surface area contributed by atoms with Crippen molar-refractivity contribution >= 4 is 0 Å². The van der Waals surface area contributed by atoms with Crippen LogP contribution in [0.1, 0.15) is 67.2 Å². The van der Waals surface area contributed by atoms with Gasteiger partial charge in [0.15, 0.2) is 0 Å². The summed E-state index contributed by atoms with van der Waals surface area (Å²) in [7, 11) is 0. The van der Waals surface area contributed by atoms with E-state index in [1.807, 2.05) is 0 Å². The van der Waals surface area contributed by atoms with Crippen LogP contribution in [0.3, 0.4) is 0 Å². The first-order valence-electron chi connectivity index (χ1n) is 9.36. The van der Waals surface area contributed by atoms with Crippen LogP contribution in [0.2, 0.25) is 0 Å². The zero-order valence-electron chi connectivity index (χ0n) is 15.2. The van der Waals surface area contributed by atoms with Crippen LogP contribution in [-0.2, 0) is 0 Å². The average Bonchev–Trinajstić information content (AvgIpc) is 2.90. The SMILES string of the molecule is CC1(C)[C@@H]2CC[C@@]1(C)[C@@H](O)[C@@H]2[C@@H]1[C@H]2CC[C@@](C)([C@H]1O)C2(C)C. The lowest BCUT2D eigenvalue weighted by Gasteiger charge is -2.43. The molecule has 0 saturated heterocycles. The van der Waals surface area contributed by atoms with Crippen LogP contribution in [0.25, 0.3) is 0 Å². The van der Waals surface area contributed by atoms with Gasteiger partial charge in [0.05, 0.1) is 12.2 Å². The molecular formula is C20H34O2. The van der Waals surface area contributed by atoms with Crippen molar-refractivity contribution in [2.75, 3.05) is 0 Å². The largest absolute Gasteiger partial charge is 0.392 e. The molecule has 0 aromatic carbocycles. The van der Waals surface area contributed by atoms with E-state index in [1.165, 1.54) is 12.8 Å². The molecule has 4 saturated carbocycles. The summed E-state index contributed by atoms with van der Waals surface area (Å²) in [6.45, 7) is 14.0. The lowest BCUT2D eigenvalue weighted by molar-refractivity contribution is -0.0788. The van der Waals surface area contributed by atoms with Crippen molar-refractivity contribution in [2.45, 2.75) is 79.4 Å². The van der Waals surface area contributed by atoms with Gasteiger partial charge in [0, 0.05) is 0 Å². The van der Waals surface area contributed by atoms with E-state index in [0.29, 0.717) is 23.7 Å². The van der Waals surface area contributed by atoms with Gasteiger partial charge in [0.25, 0.3) is 0 Å². The highest BCUT2D eigenvalue weighted by atomic mass is 16.3. The van der Waals surface area contributed by atoms with Crippen LogP contribution in [0.15, 0.2) is 0 Å². The summed E-state index contributed by atoms with van der Waals surface area (Å²) >= 11 is 0. The molecule has 4 rings (SSSR count). The minimum atomic E-state index is -0.236. The van der Waals surface area contributed by atoms with Gasteiger partial charge in [0.1, 0.15) is 0 Å². The van der Waals surface area contributed by atoms with Crippen molar-refractivity contribution in [2.24, 2.45) is 45.3 Å². The number of fused-ring (bicyclic) bond motifs is 4. The number of aliphatic hydroxyl groups is 2. The second-order valence-electron chi connectivity index (χ2n) is 10.6. The maximum Gasteiger partial charge on any atom is 0.0633 e. The lowest BCUT2D eigenvalue weighted by Crippen LogP contribution is -2.46. The van der Waals surface area contributed by atoms with Crippen molar-refractivity contribution < 1.29 is 10.2 Å². The zero-order valence-corrected chi connectivity index (χ0v) is 15.2. The van der Waals surface area contributed by atoms with Crippen LogP contribution in [0, 0.1) is 45.3 Å². The van der Waals surface area contributed by atoms with Gasteiger partial charge in [-0.1, -0.05) is 41.5 Å². The van der Waals surface area contributed by atoms with E-state index in [0.717, 1.165) is 12.8 Å². The average molecular weight is 306 g/mol. The predicted octanol–water partition coefficient (Wildman–Crippen LogP) is 3.85. The summed E-state index contributed by atoms with van der Waals surface area (Å²) in [5, 5.41) is 22.4. The van der Waals surface area contributed by atoms with E-state index < -0.39 is 0 Å². The van der Waals surface area contributed by atoms with E-state index in [-0.39, 0.29) is 33.9 Å². The Balaban J connectivity index is 1.76. The molecule has 22 heavy (non-hydrogen) atoms. The molecule has 0 aromatic rings. The molecule has 2 N–H and O–H groups in total. The molecule has 0 radical (unpaired) electrons. The molecule has 2 nitrogen and oxygen atoms in total. The Kier molecular flexibility index (Phi) is 2.76. The van der Waals surface area contributed by atoms with E-state index in [9.17, 15) is 10.2 Å². The van der Waals surface area contributed by atoms with Crippen LogP contribution >= 0.6 is 0 Å². The smallest absolute Gasteiger partial charge is 0.0633 e. The molecule has 0 aromatic heterocycles. The summed E-state index contributed by atoms with van der Waals surface area (Å²) in [6.07, 6.45) is 4.29. The second-order valence-corrected chi connectivity index (χ2v) is 10.6. The highest BCUT2D eigenvalue weighted by molar-refractivity contribution is 5.22.